The minimum absolute atomic E-state index is 0.100. The number of hydrogen-bond acceptors (Lipinski definition) is 6. The smallest absolute Gasteiger partial charge is 0.272 e. The molecule has 0 radical (unpaired) electrons. The van der Waals surface area contributed by atoms with Gasteiger partial charge in [-0.1, -0.05) is 24.6 Å². The molecule has 3 aromatic rings. The van der Waals surface area contributed by atoms with Gasteiger partial charge in [0.05, 0.1) is 13.0 Å². The van der Waals surface area contributed by atoms with E-state index in [1.54, 1.807) is 56.7 Å². The van der Waals surface area contributed by atoms with E-state index in [1.165, 1.54) is 4.68 Å². The zero-order valence-corrected chi connectivity index (χ0v) is 20.3. The van der Waals surface area contributed by atoms with Crippen LogP contribution < -0.4 is 26.8 Å². The molecule has 35 heavy (non-hydrogen) atoms. The topological polar surface area (TPSA) is 128 Å². The standard InChI is InChI=1S/C25H28ClN5O4/c1-3-21(24(27)33)35-22-7-6-19(26)11-18(22)15-29-23(32)12-20-16(2)8-10-31(25(20)34)30-14-17-5-4-9-28-13-17/h4-11,13,21,30H,3,12,14-15H2,1-2H3,(H2,27,33)(H,29,32). The molecule has 0 aliphatic heterocycles. The number of nitrogens with two attached hydrogens (primary N) is 1. The number of carbonyl (C=O) groups excluding carboxylic acids is 2. The average molecular weight is 498 g/mol. The first kappa shape index (κ1) is 25.8. The summed E-state index contributed by atoms with van der Waals surface area (Å²) in [4.78, 5) is 41.3. The van der Waals surface area contributed by atoms with Crippen molar-refractivity contribution in [2.24, 2.45) is 5.73 Å². The van der Waals surface area contributed by atoms with Gasteiger partial charge in [0.1, 0.15) is 5.75 Å². The molecule has 1 atom stereocenters. The van der Waals surface area contributed by atoms with E-state index in [4.69, 9.17) is 22.1 Å². The Morgan fingerprint density at radius 2 is 2.03 bits per heavy atom. The summed E-state index contributed by atoms with van der Waals surface area (Å²) in [6.07, 6.45) is 4.52. The van der Waals surface area contributed by atoms with Crippen LogP contribution in [0.1, 0.15) is 35.6 Å². The van der Waals surface area contributed by atoms with Crippen molar-refractivity contribution in [2.45, 2.75) is 45.9 Å². The molecule has 4 N–H and O–H groups in total. The van der Waals surface area contributed by atoms with Gasteiger partial charge in [-0.3, -0.25) is 19.4 Å². The Morgan fingerprint density at radius 1 is 1.23 bits per heavy atom. The summed E-state index contributed by atoms with van der Waals surface area (Å²) < 4.78 is 7.09. The molecule has 9 nitrogen and oxygen atoms in total. The molecule has 0 spiro atoms. The summed E-state index contributed by atoms with van der Waals surface area (Å²) in [5, 5.41) is 3.25. The van der Waals surface area contributed by atoms with Gasteiger partial charge in [-0.15, -0.1) is 0 Å². The third-order valence-corrected chi connectivity index (χ3v) is 5.63. The number of pyridine rings is 2. The lowest BCUT2D eigenvalue weighted by atomic mass is 10.1. The van der Waals surface area contributed by atoms with Crippen molar-refractivity contribution in [1.82, 2.24) is 15.0 Å². The summed E-state index contributed by atoms with van der Waals surface area (Å²) in [5.74, 6) is -0.522. The van der Waals surface area contributed by atoms with Crippen LogP contribution in [0.25, 0.3) is 0 Å². The van der Waals surface area contributed by atoms with E-state index in [0.29, 0.717) is 40.4 Å². The second-order valence-electron chi connectivity index (χ2n) is 7.97. The summed E-state index contributed by atoms with van der Waals surface area (Å²) in [6, 6.07) is 10.4. The summed E-state index contributed by atoms with van der Waals surface area (Å²) >= 11 is 6.11. The van der Waals surface area contributed by atoms with E-state index in [2.05, 4.69) is 15.7 Å². The third-order valence-electron chi connectivity index (χ3n) is 5.40. The highest BCUT2D eigenvalue weighted by Crippen LogP contribution is 2.24. The quantitative estimate of drug-likeness (QED) is 0.373. The first-order valence-corrected chi connectivity index (χ1v) is 11.5. The van der Waals surface area contributed by atoms with E-state index in [9.17, 15) is 14.4 Å². The van der Waals surface area contributed by atoms with E-state index >= 15 is 0 Å². The van der Waals surface area contributed by atoms with Crippen LogP contribution in [-0.2, 0) is 29.1 Å². The van der Waals surface area contributed by atoms with Crippen molar-refractivity contribution in [3.8, 4) is 5.75 Å². The Labute approximate surface area is 208 Å². The van der Waals surface area contributed by atoms with E-state index in [1.807, 2.05) is 12.1 Å². The molecule has 0 fully saturated rings. The maximum Gasteiger partial charge on any atom is 0.272 e. The van der Waals surface area contributed by atoms with Crippen LogP contribution in [-0.4, -0.2) is 27.6 Å². The van der Waals surface area contributed by atoms with Crippen molar-refractivity contribution < 1.29 is 14.3 Å². The second-order valence-corrected chi connectivity index (χ2v) is 8.41. The maximum atomic E-state index is 13.0. The molecule has 184 valence electrons. The van der Waals surface area contributed by atoms with Crippen LogP contribution in [0.15, 0.2) is 59.8 Å². The number of primary amides is 1. The monoisotopic (exact) mass is 497 g/mol. The summed E-state index contributed by atoms with van der Waals surface area (Å²) in [7, 11) is 0. The first-order chi connectivity index (χ1) is 16.8. The molecule has 10 heteroatoms. The van der Waals surface area contributed by atoms with Crippen LogP contribution in [0.3, 0.4) is 0 Å². The predicted octanol–water partition coefficient (Wildman–Crippen LogP) is 2.45. The number of aryl methyl sites for hydroxylation is 1. The van der Waals surface area contributed by atoms with Gasteiger partial charge in [-0.2, -0.15) is 0 Å². The number of nitrogens with zero attached hydrogens (tertiary/aromatic N) is 2. The fourth-order valence-corrected chi connectivity index (χ4v) is 3.60. The van der Waals surface area contributed by atoms with Gasteiger partial charge in [-0.05, 0) is 54.8 Å². The maximum absolute atomic E-state index is 13.0. The van der Waals surface area contributed by atoms with Crippen LogP contribution >= 0.6 is 11.6 Å². The molecule has 0 saturated heterocycles. The Hall–Kier alpha value is -3.85. The highest BCUT2D eigenvalue weighted by molar-refractivity contribution is 6.30. The lowest BCUT2D eigenvalue weighted by molar-refractivity contribution is -0.125. The highest BCUT2D eigenvalue weighted by Gasteiger charge is 2.18. The molecule has 2 heterocycles. The van der Waals surface area contributed by atoms with Crippen LogP contribution in [0.5, 0.6) is 5.75 Å². The Morgan fingerprint density at radius 3 is 2.71 bits per heavy atom. The number of amides is 2. The minimum Gasteiger partial charge on any atom is -0.480 e. The molecule has 2 aromatic heterocycles. The van der Waals surface area contributed by atoms with Crippen molar-refractivity contribution >= 4 is 23.4 Å². The normalized spacial score (nSPS) is 11.5. The number of halogens is 1. The fourth-order valence-electron chi connectivity index (χ4n) is 3.40. The van der Waals surface area contributed by atoms with Crippen molar-refractivity contribution in [2.75, 3.05) is 5.43 Å². The number of benzene rings is 1. The number of ether oxygens (including phenoxy) is 1. The number of nitrogens with one attached hydrogen (secondary N) is 2. The molecule has 0 bridgehead atoms. The van der Waals surface area contributed by atoms with Crippen LogP contribution in [0, 0.1) is 6.92 Å². The van der Waals surface area contributed by atoms with Crippen molar-refractivity contribution in [3.05, 3.63) is 92.6 Å². The third kappa shape index (κ3) is 7.07. The van der Waals surface area contributed by atoms with Gasteiger partial charge in [0, 0.05) is 41.3 Å². The van der Waals surface area contributed by atoms with Gasteiger partial charge in [0.2, 0.25) is 5.91 Å². The first-order valence-electron chi connectivity index (χ1n) is 11.1. The summed E-state index contributed by atoms with van der Waals surface area (Å²) in [6.45, 7) is 4.08. The molecule has 0 saturated carbocycles. The zero-order chi connectivity index (χ0) is 25.4. The molecule has 0 aliphatic rings. The number of hydrogen-bond donors (Lipinski definition) is 3. The largest absolute Gasteiger partial charge is 0.480 e. The number of carbonyl (C=O) groups is 2. The lowest BCUT2D eigenvalue weighted by Crippen LogP contribution is -2.35. The molecule has 2 amide bonds. The number of rotatable bonds is 11. The lowest BCUT2D eigenvalue weighted by Gasteiger charge is -2.18. The zero-order valence-electron chi connectivity index (χ0n) is 19.6. The van der Waals surface area contributed by atoms with Crippen molar-refractivity contribution in [1.29, 1.82) is 0 Å². The molecule has 3 rings (SSSR count). The van der Waals surface area contributed by atoms with Gasteiger partial charge in [0.15, 0.2) is 6.10 Å². The highest BCUT2D eigenvalue weighted by atomic mass is 35.5. The molecule has 1 unspecified atom stereocenters. The number of aromatic nitrogens is 2. The molecule has 1 aromatic carbocycles. The Balaban J connectivity index is 1.68. The fraction of sp³-hybridized carbons (Fsp3) is 0.280. The van der Waals surface area contributed by atoms with Gasteiger partial charge in [0.25, 0.3) is 11.5 Å². The molecule has 0 aliphatic carbocycles. The predicted molar refractivity (Wildman–Crippen MR) is 134 cm³/mol. The second kappa shape index (κ2) is 12.0. The van der Waals surface area contributed by atoms with Crippen molar-refractivity contribution in [3.63, 3.8) is 0 Å². The van der Waals surface area contributed by atoms with E-state index < -0.39 is 12.0 Å². The van der Waals surface area contributed by atoms with Crippen LogP contribution in [0.2, 0.25) is 5.02 Å². The van der Waals surface area contributed by atoms with Gasteiger partial charge >= 0.3 is 0 Å². The average Bonchev–Trinajstić information content (AvgIpc) is 2.84. The van der Waals surface area contributed by atoms with Crippen LogP contribution in [0.4, 0.5) is 0 Å². The van der Waals surface area contributed by atoms with Gasteiger partial charge in [-0.25, -0.2) is 4.68 Å². The Kier molecular flexibility index (Phi) is 8.86. The Bertz CT molecular complexity index is 1250. The molecular weight excluding hydrogens is 470 g/mol. The SMILES string of the molecule is CCC(Oc1ccc(Cl)cc1CNC(=O)Cc1c(C)ccn(NCc2cccnc2)c1=O)C(N)=O. The molecular formula is C25H28ClN5O4. The van der Waals surface area contributed by atoms with E-state index in [0.717, 1.165) is 5.56 Å². The van der Waals surface area contributed by atoms with Gasteiger partial charge < -0.3 is 21.2 Å². The summed E-state index contributed by atoms with van der Waals surface area (Å²) in [5.41, 5.74) is 10.7. The minimum atomic E-state index is -0.796. The van der Waals surface area contributed by atoms with E-state index in [-0.39, 0.29) is 24.4 Å².